The molecule has 3 rings (SSSR count). The number of thiazole rings is 1. The topological polar surface area (TPSA) is 54.0 Å². The summed E-state index contributed by atoms with van der Waals surface area (Å²) in [6.07, 6.45) is 3.21. The predicted octanol–water partition coefficient (Wildman–Crippen LogP) is 5.60. The van der Waals surface area contributed by atoms with Crippen molar-refractivity contribution < 1.29 is 4.79 Å². The molecule has 0 saturated heterocycles. The summed E-state index contributed by atoms with van der Waals surface area (Å²) in [6, 6.07) is 13.6. The largest absolute Gasteiger partial charge is 0.308 e. The monoisotopic (exact) mass is 415 g/mol. The van der Waals surface area contributed by atoms with Gasteiger partial charge in [-0.1, -0.05) is 61.1 Å². The predicted molar refractivity (Wildman–Crippen MR) is 119 cm³/mol. The van der Waals surface area contributed by atoms with Gasteiger partial charge in [-0.3, -0.25) is 10.1 Å². The van der Waals surface area contributed by atoms with E-state index in [0.717, 1.165) is 15.8 Å². The van der Waals surface area contributed by atoms with E-state index in [9.17, 15) is 4.79 Å². The Balaban J connectivity index is 1.57. The van der Waals surface area contributed by atoms with Gasteiger partial charge in [0.05, 0.1) is 10.2 Å². The maximum atomic E-state index is 12.0. The van der Waals surface area contributed by atoms with Crippen LogP contribution in [0.25, 0.3) is 16.3 Å². The van der Waals surface area contributed by atoms with Gasteiger partial charge in [0.25, 0.3) is 0 Å². The number of halogens is 1. The molecule has 0 fully saturated rings. The second-order valence-corrected chi connectivity index (χ2v) is 8.10. The van der Waals surface area contributed by atoms with Gasteiger partial charge in [0.2, 0.25) is 5.91 Å². The van der Waals surface area contributed by atoms with Crippen LogP contribution in [0, 0.1) is 0 Å². The van der Waals surface area contributed by atoms with Crippen LogP contribution < -0.4 is 10.6 Å². The fourth-order valence-corrected chi connectivity index (χ4v) is 3.81. The van der Waals surface area contributed by atoms with Crippen LogP contribution in [0.3, 0.4) is 0 Å². The van der Waals surface area contributed by atoms with Crippen LogP contribution >= 0.6 is 35.2 Å². The number of nitrogens with one attached hydrogen (secondary N) is 2. The highest BCUT2D eigenvalue weighted by molar-refractivity contribution is 7.80. The van der Waals surface area contributed by atoms with E-state index in [4.69, 9.17) is 23.8 Å². The summed E-state index contributed by atoms with van der Waals surface area (Å²) in [6.45, 7) is 4.29. The number of carbonyl (C=O) groups is 1. The molecular formula is C20H18ClN3OS2. The molecule has 0 atom stereocenters. The highest BCUT2D eigenvalue weighted by atomic mass is 35.5. The smallest absolute Gasteiger partial charge is 0.250 e. The van der Waals surface area contributed by atoms with Crippen molar-refractivity contribution in [2.75, 3.05) is 5.32 Å². The molecule has 7 heteroatoms. The van der Waals surface area contributed by atoms with Gasteiger partial charge < -0.3 is 5.32 Å². The first kappa shape index (κ1) is 19.5. The van der Waals surface area contributed by atoms with Crippen LogP contribution in [0.2, 0.25) is 5.02 Å². The standard InChI is InChI=1S/C20H18ClN3OS2/c1-12(2)14-6-3-13(4-7-14)5-10-18(25)23-19(26)24-20-22-16-9-8-15(21)11-17(16)27-20/h3-12H,1-2H3,(H2,22,23,24,25,26). The fourth-order valence-electron chi connectivity index (χ4n) is 2.40. The molecule has 1 heterocycles. The third-order valence-corrected chi connectivity index (χ3v) is 5.21. The number of carbonyl (C=O) groups excluding carboxylic acids is 1. The molecule has 1 amide bonds. The number of rotatable bonds is 4. The van der Waals surface area contributed by atoms with E-state index in [1.165, 1.54) is 23.0 Å². The van der Waals surface area contributed by atoms with Crippen molar-refractivity contribution in [1.29, 1.82) is 0 Å². The number of anilines is 1. The van der Waals surface area contributed by atoms with Gasteiger partial charge in [0.15, 0.2) is 10.2 Å². The van der Waals surface area contributed by atoms with Crippen LogP contribution in [0.1, 0.15) is 30.9 Å². The van der Waals surface area contributed by atoms with E-state index in [1.807, 2.05) is 24.3 Å². The zero-order valence-corrected chi connectivity index (χ0v) is 17.2. The Morgan fingerprint density at radius 3 is 2.67 bits per heavy atom. The van der Waals surface area contributed by atoms with Gasteiger partial charge >= 0.3 is 0 Å². The van der Waals surface area contributed by atoms with Crippen LogP contribution in [-0.4, -0.2) is 16.0 Å². The molecule has 1 aromatic heterocycles. The fraction of sp³-hybridized carbons (Fsp3) is 0.150. The molecule has 2 aromatic carbocycles. The Morgan fingerprint density at radius 1 is 1.22 bits per heavy atom. The third kappa shape index (κ3) is 5.35. The van der Waals surface area contributed by atoms with Crippen molar-refractivity contribution in [3.05, 3.63) is 64.7 Å². The van der Waals surface area contributed by atoms with Crippen LogP contribution in [0.4, 0.5) is 5.13 Å². The molecule has 3 aromatic rings. The van der Waals surface area contributed by atoms with Crippen molar-refractivity contribution >= 4 is 67.6 Å². The Hall–Kier alpha value is -2.28. The SMILES string of the molecule is CC(C)c1ccc(C=CC(=O)NC(=S)Nc2nc3ccc(Cl)cc3s2)cc1. The zero-order valence-electron chi connectivity index (χ0n) is 14.8. The number of amides is 1. The summed E-state index contributed by atoms with van der Waals surface area (Å²) in [4.78, 5) is 16.5. The van der Waals surface area contributed by atoms with Gasteiger partial charge in [-0.2, -0.15) is 0 Å². The van der Waals surface area contributed by atoms with E-state index in [2.05, 4.69) is 41.6 Å². The first-order valence-electron chi connectivity index (χ1n) is 8.37. The average molecular weight is 416 g/mol. The first-order valence-corrected chi connectivity index (χ1v) is 9.97. The minimum absolute atomic E-state index is 0.199. The van der Waals surface area contributed by atoms with Gasteiger partial charge in [-0.25, -0.2) is 4.98 Å². The number of hydrogen-bond acceptors (Lipinski definition) is 4. The minimum Gasteiger partial charge on any atom is -0.308 e. The quantitative estimate of drug-likeness (QED) is 0.430. The number of aromatic nitrogens is 1. The van der Waals surface area contributed by atoms with E-state index in [-0.39, 0.29) is 11.0 Å². The molecule has 27 heavy (non-hydrogen) atoms. The van der Waals surface area contributed by atoms with Crippen LogP contribution in [0.5, 0.6) is 0 Å². The first-order chi connectivity index (χ1) is 12.9. The Labute approximate surface area is 172 Å². The van der Waals surface area contributed by atoms with Gasteiger partial charge in [0.1, 0.15) is 0 Å². The molecule has 0 radical (unpaired) electrons. The molecular weight excluding hydrogens is 398 g/mol. The highest BCUT2D eigenvalue weighted by Gasteiger charge is 2.07. The molecule has 138 valence electrons. The maximum Gasteiger partial charge on any atom is 0.250 e. The molecule has 2 N–H and O–H groups in total. The van der Waals surface area contributed by atoms with Crippen molar-refractivity contribution in [3.63, 3.8) is 0 Å². The molecule has 0 aliphatic heterocycles. The minimum atomic E-state index is -0.301. The van der Waals surface area contributed by atoms with Gasteiger partial charge in [-0.05, 0) is 53.5 Å². The van der Waals surface area contributed by atoms with Crippen LogP contribution in [0.15, 0.2) is 48.5 Å². The van der Waals surface area contributed by atoms with Crippen molar-refractivity contribution in [2.45, 2.75) is 19.8 Å². The Morgan fingerprint density at radius 2 is 1.96 bits per heavy atom. The summed E-state index contributed by atoms with van der Waals surface area (Å²) in [5, 5.41) is 7.00. The lowest BCUT2D eigenvalue weighted by atomic mass is 10.0. The zero-order chi connectivity index (χ0) is 19.4. The van der Waals surface area contributed by atoms with Crippen molar-refractivity contribution in [2.24, 2.45) is 0 Å². The molecule has 0 spiro atoms. The summed E-state index contributed by atoms with van der Waals surface area (Å²) in [5.41, 5.74) is 3.04. The second-order valence-electron chi connectivity index (χ2n) is 6.23. The van der Waals surface area contributed by atoms with E-state index < -0.39 is 0 Å². The number of nitrogens with zero attached hydrogens (tertiary/aromatic N) is 1. The number of thiocarbonyl (C=S) groups is 1. The molecule has 4 nitrogen and oxygen atoms in total. The lowest BCUT2D eigenvalue weighted by molar-refractivity contribution is -0.115. The van der Waals surface area contributed by atoms with E-state index in [0.29, 0.717) is 16.1 Å². The van der Waals surface area contributed by atoms with Gasteiger partial charge in [0, 0.05) is 11.1 Å². The molecule has 0 bridgehead atoms. The second kappa shape index (κ2) is 8.61. The average Bonchev–Trinajstić information content (AvgIpc) is 3.01. The summed E-state index contributed by atoms with van der Waals surface area (Å²) < 4.78 is 0.948. The van der Waals surface area contributed by atoms with Crippen molar-refractivity contribution in [3.8, 4) is 0 Å². The number of hydrogen-bond donors (Lipinski definition) is 2. The van der Waals surface area contributed by atoms with E-state index in [1.54, 1.807) is 12.1 Å². The van der Waals surface area contributed by atoms with Gasteiger partial charge in [-0.15, -0.1) is 0 Å². The summed E-state index contributed by atoms with van der Waals surface area (Å²) >= 11 is 12.6. The van der Waals surface area contributed by atoms with E-state index >= 15 is 0 Å². The molecule has 0 unspecified atom stereocenters. The number of fused-ring (bicyclic) bond motifs is 1. The Bertz CT molecular complexity index is 1010. The van der Waals surface area contributed by atoms with Crippen LogP contribution in [-0.2, 0) is 4.79 Å². The molecule has 0 saturated carbocycles. The summed E-state index contributed by atoms with van der Waals surface area (Å²) in [5.74, 6) is 0.179. The lowest BCUT2D eigenvalue weighted by Crippen LogP contribution is -2.32. The third-order valence-electron chi connectivity index (χ3n) is 3.84. The molecule has 0 aliphatic rings. The summed E-state index contributed by atoms with van der Waals surface area (Å²) in [7, 11) is 0. The normalized spacial score (nSPS) is 11.3. The Kier molecular flexibility index (Phi) is 6.21. The maximum absolute atomic E-state index is 12.0. The lowest BCUT2D eigenvalue weighted by Gasteiger charge is -2.05. The highest BCUT2D eigenvalue weighted by Crippen LogP contribution is 2.28. The number of benzene rings is 2. The van der Waals surface area contributed by atoms with Crippen molar-refractivity contribution in [1.82, 2.24) is 10.3 Å². The molecule has 0 aliphatic carbocycles.